The van der Waals surface area contributed by atoms with Crippen LogP contribution in [0.2, 0.25) is 0 Å². The predicted octanol–water partition coefficient (Wildman–Crippen LogP) is 4.79. The molecule has 0 N–H and O–H groups in total. The normalized spacial score (nSPS) is 13.0. The van der Waals surface area contributed by atoms with E-state index in [4.69, 9.17) is 0 Å². The zero-order valence-electron chi connectivity index (χ0n) is 13.7. The number of Topliss-reactive ketones (excluding diaryl/α,β-unsaturated/α-hetero) is 1. The molecule has 0 heterocycles. The quantitative estimate of drug-likeness (QED) is 0.368. The Hall–Kier alpha value is -1.28. The summed E-state index contributed by atoms with van der Waals surface area (Å²) < 4.78 is 0. The number of hydrogen-bond acceptors (Lipinski definition) is 1. The van der Waals surface area contributed by atoms with E-state index >= 15 is 0 Å². The Labute approximate surface area is 165 Å². The molecule has 0 fully saturated rings. The van der Waals surface area contributed by atoms with Crippen molar-refractivity contribution in [3.8, 4) is 0 Å². The summed E-state index contributed by atoms with van der Waals surface area (Å²) in [7, 11) is 0. The monoisotopic (exact) mass is 476 g/mol. The molecule has 128 valence electrons. The molecule has 0 bridgehead atoms. The molecule has 0 saturated carbocycles. The first-order valence-corrected chi connectivity index (χ1v) is 13.6. The van der Waals surface area contributed by atoms with Gasteiger partial charge in [0.05, 0.1) is 0 Å². The Morgan fingerprint density at radius 1 is 0.680 bits per heavy atom. The molecule has 25 heavy (non-hydrogen) atoms. The molecule has 0 amide bonds. The van der Waals surface area contributed by atoms with Crippen LogP contribution in [-0.4, -0.2) is 17.3 Å². The summed E-state index contributed by atoms with van der Waals surface area (Å²) in [6.45, 7) is 0. The van der Waals surface area contributed by atoms with Crippen molar-refractivity contribution in [2.75, 3.05) is 11.5 Å². The maximum atomic E-state index is 12.7. The summed E-state index contributed by atoms with van der Waals surface area (Å²) in [5.41, 5.74) is 0. The SMILES string of the molecule is O=C(CBr)CP(Br)(c1ccccc1)(c1ccccc1)c1ccccc1. The molecule has 0 unspecified atom stereocenters. The average Bonchev–Trinajstić information content (AvgIpc) is 2.70. The first kappa shape index (κ1) is 18.5. The van der Waals surface area contributed by atoms with Crippen molar-refractivity contribution in [2.24, 2.45) is 0 Å². The van der Waals surface area contributed by atoms with Gasteiger partial charge in [-0.3, -0.25) is 0 Å². The van der Waals surface area contributed by atoms with Gasteiger partial charge in [-0.2, -0.15) is 0 Å². The first-order valence-electron chi connectivity index (χ1n) is 8.07. The molecule has 3 aromatic carbocycles. The number of carbonyl (C=O) groups is 1. The summed E-state index contributed by atoms with van der Waals surface area (Å²) >= 11 is 7.61. The van der Waals surface area contributed by atoms with Gasteiger partial charge in [0.15, 0.2) is 0 Å². The molecule has 0 aliphatic rings. The Balaban J connectivity index is 2.42. The minimum atomic E-state index is -3.09. The summed E-state index contributed by atoms with van der Waals surface area (Å²) in [6, 6.07) is 31.1. The van der Waals surface area contributed by atoms with E-state index in [-0.39, 0.29) is 5.78 Å². The molecule has 1 nitrogen and oxygen atoms in total. The molecule has 3 aromatic rings. The van der Waals surface area contributed by atoms with Crippen LogP contribution in [0.1, 0.15) is 0 Å². The van der Waals surface area contributed by atoms with E-state index < -0.39 is 5.31 Å². The van der Waals surface area contributed by atoms with E-state index in [9.17, 15) is 4.79 Å². The number of carbonyl (C=O) groups excluding carboxylic acids is 1. The first-order chi connectivity index (χ1) is 12.1. The molecule has 0 radical (unpaired) electrons. The van der Waals surface area contributed by atoms with Crippen LogP contribution < -0.4 is 15.9 Å². The minimum absolute atomic E-state index is 0.186. The van der Waals surface area contributed by atoms with E-state index in [0.29, 0.717) is 11.5 Å². The van der Waals surface area contributed by atoms with Gasteiger partial charge in [-0.15, -0.1) is 0 Å². The topological polar surface area (TPSA) is 17.1 Å². The summed E-state index contributed by atoms with van der Waals surface area (Å²) in [5.74, 6) is 0.186. The number of halogens is 2. The Bertz CT molecular complexity index is 751. The van der Waals surface area contributed by atoms with Gasteiger partial charge in [-0.25, -0.2) is 0 Å². The van der Waals surface area contributed by atoms with Crippen LogP contribution in [0.4, 0.5) is 0 Å². The van der Waals surface area contributed by atoms with Crippen LogP contribution in [0.15, 0.2) is 91.0 Å². The van der Waals surface area contributed by atoms with E-state index in [1.54, 1.807) is 0 Å². The molecular formula is C21H19Br2OP. The third-order valence-corrected chi connectivity index (χ3v) is 14.6. The van der Waals surface area contributed by atoms with Gasteiger partial charge in [0, 0.05) is 0 Å². The molecule has 0 spiro atoms. The Morgan fingerprint density at radius 2 is 1.00 bits per heavy atom. The van der Waals surface area contributed by atoms with Crippen LogP contribution in [0.5, 0.6) is 0 Å². The maximum absolute atomic E-state index is 12.7. The van der Waals surface area contributed by atoms with Gasteiger partial charge in [-0.1, -0.05) is 0 Å². The van der Waals surface area contributed by atoms with Crippen molar-refractivity contribution < 1.29 is 4.79 Å². The van der Waals surface area contributed by atoms with Gasteiger partial charge in [0.2, 0.25) is 0 Å². The van der Waals surface area contributed by atoms with Crippen LogP contribution in [0.25, 0.3) is 0 Å². The molecule has 0 aliphatic heterocycles. The van der Waals surface area contributed by atoms with Crippen molar-refractivity contribution in [1.82, 2.24) is 0 Å². The molecule has 0 aliphatic carbocycles. The summed E-state index contributed by atoms with van der Waals surface area (Å²) in [5, 5.41) is 0.765. The van der Waals surface area contributed by atoms with Crippen LogP contribution >= 0.6 is 36.7 Å². The number of rotatable bonds is 6. The van der Waals surface area contributed by atoms with Crippen molar-refractivity contribution >= 4 is 58.4 Å². The van der Waals surface area contributed by atoms with Crippen LogP contribution in [0, 0.1) is 0 Å². The Morgan fingerprint density at radius 3 is 1.28 bits per heavy atom. The predicted molar refractivity (Wildman–Crippen MR) is 118 cm³/mol. The average molecular weight is 478 g/mol. The van der Waals surface area contributed by atoms with E-state index in [1.165, 1.54) is 15.9 Å². The second-order valence-corrected chi connectivity index (χ2v) is 15.5. The van der Waals surface area contributed by atoms with Gasteiger partial charge in [0.25, 0.3) is 0 Å². The van der Waals surface area contributed by atoms with Crippen LogP contribution in [-0.2, 0) is 4.79 Å². The molecule has 4 heteroatoms. The van der Waals surface area contributed by atoms with Crippen molar-refractivity contribution in [2.45, 2.75) is 0 Å². The number of alkyl halides is 1. The fourth-order valence-corrected chi connectivity index (χ4v) is 11.4. The summed E-state index contributed by atoms with van der Waals surface area (Å²) in [6.07, 6.45) is 0.439. The molecule has 3 rings (SSSR count). The molecular weight excluding hydrogens is 459 g/mol. The van der Waals surface area contributed by atoms with Crippen molar-refractivity contribution in [3.63, 3.8) is 0 Å². The third-order valence-electron chi connectivity index (χ3n) is 4.51. The van der Waals surface area contributed by atoms with Gasteiger partial charge in [0.1, 0.15) is 0 Å². The van der Waals surface area contributed by atoms with Gasteiger partial charge < -0.3 is 0 Å². The zero-order valence-corrected chi connectivity index (χ0v) is 17.8. The zero-order chi connectivity index (χ0) is 17.8. The standard InChI is InChI=1S/C21H19Br2OP/c22-16-18(24)17-25(23,19-10-4-1-5-11-19,20-12-6-2-7-13-20)21-14-8-3-9-15-21/h1-15H,16-17H2. The Kier molecular flexibility index (Phi) is 5.58. The van der Waals surface area contributed by atoms with E-state index in [1.807, 2.05) is 54.6 Å². The fourth-order valence-electron chi connectivity index (χ4n) is 3.31. The van der Waals surface area contributed by atoms with E-state index in [0.717, 1.165) is 0 Å². The van der Waals surface area contributed by atoms with Crippen molar-refractivity contribution in [1.29, 1.82) is 0 Å². The van der Waals surface area contributed by atoms with Crippen LogP contribution in [0.3, 0.4) is 0 Å². The molecule has 0 aromatic heterocycles. The molecule has 0 atom stereocenters. The number of benzene rings is 3. The number of ketones is 1. The number of hydrogen-bond donors (Lipinski definition) is 0. The summed E-state index contributed by atoms with van der Waals surface area (Å²) in [4.78, 5) is 12.7. The second-order valence-electron chi connectivity index (χ2n) is 6.02. The fraction of sp³-hybridized carbons (Fsp3) is 0.0952. The van der Waals surface area contributed by atoms with Crippen molar-refractivity contribution in [3.05, 3.63) is 91.0 Å². The molecule has 0 saturated heterocycles. The third kappa shape index (κ3) is 3.26. The van der Waals surface area contributed by atoms with Gasteiger partial charge >= 0.3 is 166 Å². The van der Waals surface area contributed by atoms with E-state index in [2.05, 4.69) is 67.8 Å². The second kappa shape index (κ2) is 7.53. The van der Waals surface area contributed by atoms with Gasteiger partial charge in [-0.05, 0) is 0 Å².